The maximum Gasteiger partial charge on any atom is 0.0410 e. The Morgan fingerprint density at radius 3 is 3.00 bits per heavy atom. The first-order chi connectivity index (χ1) is 6.85. The molecule has 2 heteroatoms. The second kappa shape index (κ2) is 4.26. The number of fused-ring (bicyclic) bond motifs is 1. The van der Waals surface area contributed by atoms with Crippen LogP contribution in [-0.4, -0.2) is 19.3 Å². The summed E-state index contributed by atoms with van der Waals surface area (Å²) in [7, 11) is 0. The van der Waals surface area contributed by atoms with E-state index in [0.29, 0.717) is 0 Å². The maximum atomic E-state index is 2.51. The molecular weight excluding hydrogens is 190 g/mol. The Morgan fingerprint density at radius 1 is 1.43 bits per heavy atom. The lowest BCUT2D eigenvalue weighted by Crippen LogP contribution is -2.20. The van der Waals surface area contributed by atoms with Gasteiger partial charge in [-0.2, -0.15) is 0 Å². The molecule has 1 heterocycles. The molecule has 0 saturated carbocycles. The summed E-state index contributed by atoms with van der Waals surface area (Å²) in [6, 6.07) is 6.86. The number of hydrogen-bond donors (Lipinski definition) is 0. The zero-order valence-electron chi connectivity index (χ0n) is 8.92. The Hall–Kier alpha value is -0.630. The van der Waals surface area contributed by atoms with Crippen molar-refractivity contribution in [2.24, 2.45) is 0 Å². The number of benzene rings is 1. The van der Waals surface area contributed by atoms with E-state index in [1.54, 1.807) is 0 Å². The zero-order valence-corrected chi connectivity index (χ0v) is 9.73. The van der Waals surface area contributed by atoms with Crippen LogP contribution >= 0.6 is 11.8 Å². The van der Waals surface area contributed by atoms with Crippen molar-refractivity contribution in [2.75, 3.05) is 24.2 Å². The fourth-order valence-electron chi connectivity index (χ4n) is 2.05. The highest BCUT2D eigenvalue weighted by Gasteiger charge is 2.17. The van der Waals surface area contributed by atoms with E-state index >= 15 is 0 Å². The van der Waals surface area contributed by atoms with Gasteiger partial charge in [0.25, 0.3) is 0 Å². The summed E-state index contributed by atoms with van der Waals surface area (Å²) in [6.07, 6.45) is 4.60. The first-order valence-electron chi connectivity index (χ1n) is 5.27. The summed E-state index contributed by atoms with van der Waals surface area (Å²) < 4.78 is 0. The van der Waals surface area contributed by atoms with Crippen LogP contribution in [0.4, 0.5) is 5.69 Å². The Balaban J connectivity index is 2.27. The summed E-state index contributed by atoms with van der Waals surface area (Å²) >= 11 is 1.83. The largest absolute Gasteiger partial charge is 0.371 e. The van der Waals surface area contributed by atoms with Gasteiger partial charge in [0.15, 0.2) is 0 Å². The quantitative estimate of drug-likeness (QED) is 0.700. The third kappa shape index (κ3) is 1.76. The molecule has 0 amide bonds. The van der Waals surface area contributed by atoms with Crippen LogP contribution in [0, 0.1) is 0 Å². The molecule has 0 bridgehead atoms. The summed E-state index contributed by atoms with van der Waals surface area (Å²) in [4.78, 5) is 3.89. The van der Waals surface area contributed by atoms with E-state index in [9.17, 15) is 0 Å². The second-order valence-electron chi connectivity index (χ2n) is 3.73. The van der Waals surface area contributed by atoms with E-state index in [1.165, 1.54) is 42.1 Å². The molecule has 0 N–H and O–H groups in total. The third-order valence-electron chi connectivity index (χ3n) is 2.78. The SMILES string of the molecule is CCCN1CCc2ccc(SC)cc21. The minimum absolute atomic E-state index is 1.20. The molecule has 0 fully saturated rings. The average Bonchev–Trinajstić information content (AvgIpc) is 2.61. The van der Waals surface area contributed by atoms with E-state index in [-0.39, 0.29) is 0 Å². The number of hydrogen-bond acceptors (Lipinski definition) is 2. The number of nitrogens with zero attached hydrogens (tertiary/aromatic N) is 1. The summed E-state index contributed by atoms with van der Waals surface area (Å²) in [5, 5.41) is 0. The Morgan fingerprint density at radius 2 is 2.29 bits per heavy atom. The first-order valence-corrected chi connectivity index (χ1v) is 6.49. The molecule has 0 radical (unpaired) electrons. The number of thioether (sulfide) groups is 1. The van der Waals surface area contributed by atoms with Crippen molar-refractivity contribution >= 4 is 17.4 Å². The molecule has 0 spiro atoms. The van der Waals surface area contributed by atoms with Crippen LogP contribution in [0.15, 0.2) is 23.1 Å². The smallest absolute Gasteiger partial charge is 0.0410 e. The summed E-state index contributed by atoms with van der Waals surface area (Å²) in [6.45, 7) is 4.66. The van der Waals surface area contributed by atoms with Gasteiger partial charge in [0.2, 0.25) is 0 Å². The molecular formula is C12H17NS. The van der Waals surface area contributed by atoms with Crippen molar-refractivity contribution in [3.63, 3.8) is 0 Å². The van der Waals surface area contributed by atoms with Crippen LogP contribution in [0.3, 0.4) is 0 Å². The van der Waals surface area contributed by atoms with Gasteiger partial charge in [0.05, 0.1) is 0 Å². The third-order valence-corrected chi connectivity index (χ3v) is 3.50. The Labute approximate surface area is 90.5 Å². The molecule has 0 aromatic heterocycles. The molecule has 1 aromatic rings. The van der Waals surface area contributed by atoms with Gasteiger partial charge in [0, 0.05) is 23.7 Å². The van der Waals surface area contributed by atoms with Crippen molar-refractivity contribution in [1.29, 1.82) is 0 Å². The fraction of sp³-hybridized carbons (Fsp3) is 0.500. The molecule has 1 aliphatic rings. The van der Waals surface area contributed by atoms with Gasteiger partial charge in [-0.1, -0.05) is 13.0 Å². The molecule has 0 atom stereocenters. The van der Waals surface area contributed by atoms with Crippen molar-refractivity contribution in [2.45, 2.75) is 24.7 Å². The van der Waals surface area contributed by atoms with E-state index < -0.39 is 0 Å². The second-order valence-corrected chi connectivity index (χ2v) is 4.61. The molecule has 1 aromatic carbocycles. The zero-order chi connectivity index (χ0) is 9.97. The average molecular weight is 207 g/mol. The molecule has 0 saturated heterocycles. The number of anilines is 1. The summed E-state index contributed by atoms with van der Waals surface area (Å²) in [5.41, 5.74) is 3.00. The molecule has 0 aliphatic carbocycles. The highest BCUT2D eigenvalue weighted by molar-refractivity contribution is 7.98. The van der Waals surface area contributed by atoms with Gasteiger partial charge >= 0.3 is 0 Å². The van der Waals surface area contributed by atoms with Gasteiger partial charge in [0.1, 0.15) is 0 Å². The molecule has 76 valence electrons. The highest BCUT2D eigenvalue weighted by Crippen LogP contribution is 2.31. The van der Waals surface area contributed by atoms with Gasteiger partial charge in [-0.05, 0) is 36.8 Å². The van der Waals surface area contributed by atoms with Gasteiger partial charge < -0.3 is 4.90 Å². The van der Waals surface area contributed by atoms with Crippen LogP contribution in [0.25, 0.3) is 0 Å². The fourth-order valence-corrected chi connectivity index (χ4v) is 2.49. The van der Waals surface area contributed by atoms with Crippen LogP contribution < -0.4 is 4.90 Å². The van der Waals surface area contributed by atoms with Crippen LogP contribution in [-0.2, 0) is 6.42 Å². The standard InChI is InChI=1S/C12H17NS/c1-3-7-13-8-6-10-4-5-11(14-2)9-12(10)13/h4-5,9H,3,6-8H2,1-2H3. The molecule has 2 rings (SSSR count). The first kappa shape index (κ1) is 9.91. The van der Waals surface area contributed by atoms with Crippen molar-refractivity contribution in [3.8, 4) is 0 Å². The van der Waals surface area contributed by atoms with Crippen molar-refractivity contribution < 1.29 is 0 Å². The highest BCUT2D eigenvalue weighted by atomic mass is 32.2. The minimum atomic E-state index is 1.20. The van der Waals surface area contributed by atoms with E-state index in [1.807, 2.05) is 11.8 Å². The number of rotatable bonds is 3. The van der Waals surface area contributed by atoms with E-state index in [0.717, 1.165) is 0 Å². The Bertz CT molecular complexity index is 320. The van der Waals surface area contributed by atoms with E-state index in [4.69, 9.17) is 0 Å². The van der Waals surface area contributed by atoms with Gasteiger partial charge in [-0.15, -0.1) is 11.8 Å². The van der Waals surface area contributed by atoms with Crippen molar-refractivity contribution in [3.05, 3.63) is 23.8 Å². The lowest BCUT2D eigenvalue weighted by molar-refractivity contribution is 0.796. The minimum Gasteiger partial charge on any atom is -0.371 e. The molecule has 1 aliphatic heterocycles. The predicted molar refractivity (Wildman–Crippen MR) is 64.4 cm³/mol. The molecule has 1 nitrogen and oxygen atoms in total. The van der Waals surface area contributed by atoms with Gasteiger partial charge in [-0.25, -0.2) is 0 Å². The maximum absolute atomic E-state index is 2.51. The molecule has 0 unspecified atom stereocenters. The molecule has 14 heavy (non-hydrogen) atoms. The predicted octanol–water partition coefficient (Wildman–Crippen LogP) is 3.18. The van der Waals surface area contributed by atoms with Crippen LogP contribution in [0.5, 0.6) is 0 Å². The summed E-state index contributed by atoms with van der Waals surface area (Å²) in [5.74, 6) is 0. The van der Waals surface area contributed by atoms with Crippen LogP contribution in [0.1, 0.15) is 18.9 Å². The topological polar surface area (TPSA) is 3.24 Å². The van der Waals surface area contributed by atoms with Crippen molar-refractivity contribution in [1.82, 2.24) is 0 Å². The lowest BCUT2D eigenvalue weighted by Gasteiger charge is -2.18. The lowest BCUT2D eigenvalue weighted by atomic mass is 10.2. The van der Waals surface area contributed by atoms with Crippen LogP contribution in [0.2, 0.25) is 0 Å². The van der Waals surface area contributed by atoms with E-state index in [2.05, 4.69) is 36.3 Å². The Kier molecular flexibility index (Phi) is 3.02. The van der Waals surface area contributed by atoms with Gasteiger partial charge in [-0.3, -0.25) is 0 Å². The normalized spacial score (nSPS) is 14.6. The monoisotopic (exact) mass is 207 g/mol.